The Balaban J connectivity index is 3.09. The molecule has 0 N–H and O–H groups in total. The van der Waals surface area contributed by atoms with Gasteiger partial charge in [-0.25, -0.2) is 0 Å². The van der Waals surface area contributed by atoms with Gasteiger partial charge in [-0.1, -0.05) is 19.4 Å². The largest absolute Gasteiger partial charge is 0.289 e. The maximum atomic E-state index is 11.9. The summed E-state index contributed by atoms with van der Waals surface area (Å²) >= 11 is 0. The van der Waals surface area contributed by atoms with Crippen molar-refractivity contribution in [2.24, 2.45) is 0 Å². The second kappa shape index (κ2) is 4.50. The normalized spacial score (nSPS) is 10.6. The van der Waals surface area contributed by atoms with Crippen LogP contribution in [0.1, 0.15) is 42.0 Å². The van der Waals surface area contributed by atoms with Crippen LogP contribution in [0.15, 0.2) is 6.07 Å². The number of hydrogen-bond donors (Lipinski definition) is 0. The molecule has 0 saturated heterocycles. The van der Waals surface area contributed by atoms with Crippen LogP contribution in [-0.4, -0.2) is 0 Å². The van der Waals surface area contributed by atoms with Gasteiger partial charge < -0.3 is 0 Å². The molecule has 1 aromatic carbocycles. The van der Waals surface area contributed by atoms with Crippen molar-refractivity contribution in [2.75, 3.05) is 0 Å². The van der Waals surface area contributed by atoms with E-state index < -0.39 is 0 Å². The molecule has 0 fully saturated rings. The van der Waals surface area contributed by atoms with Gasteiger partial charge in [0.2, 0.25) is 0 Å². The average molecular weight is 191 g/mol. The fraction of sp³-hybridized carbons (Fsp3) is 0.538. The van der Waals surface area contributed by atoms with Gasteiger partial charge in [0.15, 0.2) is 5.75 Å². The molecule has 0 atom stereocenters. The summed E-state index contributed by atoms with van der Waals surface area (Å²) in [5, 5.41) is 11.9. The third-order valence-corrected chi connectivity index (χ3v) is 2.90. The molecular weight excluding hydrogens is 172 g/mol. The van der Waals surface area contributed by atoms with Crippen molar-refractivity contribution in [1.29, 1.82) is 0 Å². The predicted molar refractivity (Wildman–Crippen MR) is 59.4 cm³/mol. The first-order valence-electron chi connectivity index (χ1n) is 5.34. The van der Waals surface area contributed by atoms with E-state index in [4.69, 9.17) is 0 Å². The third kappa shape index (κ3) is 2.09. The molecule has 1 radical (unpaired) electrons. The highest BCUT2D eigenvalue weighted by molar-refractivity contribution is 5.48. The van der Waals surface area contributed by atoms with Gasteiger partial charge in [-0.05, 0) is 50.3 Å². The van der Waals surface area contributed by atoms with Crippen molar-refractivity contribution in [3.63, 3.8) is 0 Å². The number of unbranched alkanes of at least 4 members (excludes halogenated alkanes) is 1. The van der Waals surface area contributed by atoms with Gasteiger partial charge in [0.1, 0.15) is 0 Å². The SMILES string of the molecule is CCCCc1c(C)cc(C)c(C)c1[O]. The van der Waals surface area contributed by atoms with Gasteiger partial charge in [0.05, 0.1) is 0 Å². The lowest BCUT2D eigenvalue weighted by molar-refractivity contribution is 0.345. The molecule has 1 heteroatoms. The molecule has 1 aromatic rings. The van der Waals surface area contributed by atoms with Gasteiger partial charge in [-0.15, -0.1) is 0 Å². The van der Waals surface area contributed by atoms with Crippen molar-refractivity contribution >= 4 is 0 Å². The molecule has 0 aromatic heterocycles. The molecule has 0 bridgehead atoms. The minimum absolute atomic E-state index is 0.260. The predicted octanol–water partition coefficient (Wildman–Crippen LogP) is 4.10. The molecule has 0 aliphatic rings. The Morgan fingerprint density at radius 1 is 1.14 bits per heavy atom. The van der Waals surface area contributed by atoms with E-state index in [1.165, 1.54) is 0 Å². The number of hydrogen-bond acceptors (Lipinski definition) is 0. The van der Waals surface area contributed by atoms with Crippen LogP contribution in [0.2, 0.25) is 0 Å². The Morgan fingerprint density at radius 2 is 1.79 bits per heavy atom. The van der Waals surface area contributed by atoms with Crippen molar-refractivity contribution in [2.45, 2.75) is 47.0 Å². The molecule has 0 heterocycles. The zero-order chi connectivity index (χ0) is 10.7. The number of rotatable bonds is 3. The molecule has 77 valence electrons. The van der Waals surface area contributed by atoms with Crippen molar-refractivity contribution in [1.82, 2.24) is 0 Å². The van der Waals surface area contributed by atoms with Crippen molar-refractivity contribution in [3.8, 4) is 5.75 Å². The molecule has 0 saturated carbocycles. The zero-order valence-electron chi connectivity index (χ0n) is 9.61. The lowest BCUT2D eigenvalue weighted by Gasteiger charge is -2.10. The lowest BCUT2D eigenvalue weighted by atomic mass is 9.96. The van der Waals surface area contributed by atoms with Crippen LogP contribution in [-0.2, 0) is 11.5 Å². The van der Waals surface area contributed by atoms with Crippen LogP contribution in [0.25, 0.3) is 0 Å². The van der Waals surface area contributed by atoms with Crippen molar-refractivity contribution < 1.29 is 5.11 Å². The standard InChI is InChI=1S/C13H19O/c1-5-6-7-12-10(3)8-9(2)11(4)13(12)14/h8H,5-7H2,1-4H3. The number of aryl methyl sites for hydroxylation is 2. The summed E-state index contributed by atoms with van der Waals surface area (Å²) < 4.78 is 0. The number of benzene rings is 1. The first-order chi connectivity index (χ1) is 6.57. The zero-order valence-corrected chi connectivity index (χ0v) is 9.61. The highest BCUT2D eigenvalue weighted by Gasteiger charge is 2.11. The molecule has 0 aliphatic carbocycles. The van der Waals surface area contributed by atoms with Crippen molar-refractivity contribution in [3.05, 3.63) is 28.3 Å². The van der Waals surface area contributed by atoms with Crippen LogP contribution in [0.5, 0.6) is 5.75 Å². The Kier molecular flexibility index (Phi) is 3.56. The Hall–Kier alpha value is -0.980. The first-order valence-corrected chi connectivity index (χ1v) is 5.34. The van der Waals surface area contributed by atoms with E-state index >= 15 is 0 Å². The molecule has 0 aliphatic heterocycles. The van der Waals surface area contributed by atoms with E-state index in [0.717, 1.165) is 41.5 Å². The summed E-state index contributed by atoms with van der Waals surface area (Å²) in [5.74, 6) is 0.260. The molecular formula is C13H19O. The van der Waals surface area contributed by atoms with E-state index in [1.807, 2.05) is 20.8 Å². The Morgan fingerprint density at radius 3 is 2.36 bits per heavy atom. The van der Waals surface area contributed by atoms with Crippen LogP contribution < -0.4 is 0 Å². The smallest absolute Gasteiger partial charge is 0.185 e. The average Bonchev–Trinajstić information content (AvgIpc) is 2.14. The van der Waals surface area contributed by atoms with E-state index in [9.17, 15) is 5.11 Å². The van der Waals surface area contributed by atoms with E-state index in [0.29, 0.717) is 0 Å². The maximum Gasteiger partial charge on any atom is 0.185 e. The summed E-state index contributed by atoms with van der Waals surface area (Å²) in [7, 11) is 0. The van der Waals surface area contributed by atoms with E-state index in [2.05, 4.69) is 13.0 Å². The highest BCUT2D eigenvalue weighted by atomic mass is 16.3. The van der Waals surface area contributed by atoms with Crippen LogP contribution in [0, 0.1) is 20.8 Å². The second-order valence-corrected chi connectivity index (χ2v) is 4.05. The first kappa shape index (κ1) is 11.1. The van der Waals surface area contributed by atoms with Gasteiger partial charge in [0.25, 0.3) is 0 Å². The monoisotopic (exact) mass is 191 g/mol. The van der Waals surface area contributed by atoms with Gasteiger partial charge in [-0.2, -0.15) is 0 Å². The van der Waals surface area contributed by atoms with Gasteiger partial charge >= 0.3 is 0 Å². The summed E-state index contributed by atoms with van der Waals surface area (Å²) in [6.45, 7) is 8.12. The molecule has 0 unspecified atom stereocenters. The molecule has 1 nitrogen and oxygen atoms in total. The van der Waals surface area contributed by atoms with Gasteiger partial charge in [-0.3, -0.25) is 5.11 Å². The molecule has 14 heavy (non-hydrogen) atoms. The summed E-state index contributed by atoms with van der Waals surface area (Å²) in [5.41, 5.74) is 4.22. The summed E-state index contributed by atoms with van der Waals surface area (Å²) in [6.07, 6.45) is 3.19. The fourth-order valence-electron chi connectivity index (χ4n) is 1.77. The molecule has 0 spiro atoms. The molecule has 1 rings (SSSR count). The molecule has 0 amide bonds. The minimum atomic E-state index is 0.260. The van der Waals surface area contributed by atoms with Crippen LogP contribution in [0.4, 0.5) is 0 Å². The van der Waals surface area contributed by atoms with Crippen LogP contribution in [0.3, 0.4) is 0 Å². The maximum absolute atomic E-state index is 11.9. The highest BCUT2D eigenvalue weighted by Crippen LogP contribution is 2.30. The Labute approximate surface area is 86.8 Å². The second-order valence-electron chi connectivity index (χ2n) is 4.05. The topological polar surface area (TPSA) is 19.9 Å². The summed E-state index contributed by atoms with van der Waals surface area (Å²) in [4.78, 5) is 0. The lowest BCUT2D eigenvalue weighted by Crippen LogP contribution is -1.94. The van der Waals surface area contributed by atoms with E-state index in [1.54, 1.807) is 0 Å². The third-order valence-electron chi connectivity index (χ3n) is 2.90. The van der Waals surface area contributed by atoms with Gasteiger partial charge in [0, 0.05) is 5.56 Å². The quantitative estimate of drug-likeness (QED) is 0.685. The Bertz CT molecular complexity index is 326. The minimum Gasteiger partial charge on any atom is -0.289 e. The fourth-order valence-corrected chi connectivity index (χ4v) is 1.77. The van der Waals surface area contributed by atoms with E-state index in [-0.39, 0.29) is 5.75 Å². The summed E-state index contributed by atoms with van der Waals surface area (Å²) in [6, 6.07) is 2.13. The van der Waals surface area contributed by atoms with Crippen LogP contribution >= 0.6 is 0 Å².